The third-order valence-electron chi connectivity index (χ3n) is 4.32. The summed E-state index contributed by atoms with van der Waals surface area (Å²) in [6.07, 6.45) is 1.51. The maximum Gasteiger partial charge on any atom is 0.271 e. The number of hydrogen-bond acceptors (Lipinski definition) is 5. The molecule has 0 unspecified atom stereocenters. The molecular weight excluding hydrogens is 474 g/mol. The molecule has 0 aromatic heterocycles. The Balaban J connectivity index is 1.64. The summed E-state index contributed by atoms with van der Waals surface area (Å²) in [5.41, 5.74) is 5.26. The predicted molar refractivity (Wildman–Crippen MR) is 127 cm³/mol. The molecule has 3 aromatic rings. The molecule has 32 heavy (non-hydrogen) atoms. The van der Waals surface area contributed by atoms with E-state index >= 15 is 0 Å². The van der Waals surface area contributed by atoms with E-state index < -0.39 is 0 Å². The lowest BCUT2D eigenvalue weighted by Crippen LogP contribution is -2.17. The molecule has 3 rings (SSSR count). The Morgan fingerprint density at radius 2 is 1.78 bits per heavy atom. The number of ether oxygens (including phenoxy) is 2. The topological polar surface area (TPSA) is 89.0 Å². The van der Waals surface area contributed by atoms with Crippen LogP contribution in [-0.4, -0.2) is 25.1 Å². The molecule has 2 N–H and O–H groups in total. The van der Waals surface area contributed by atoms with Crippen molar-refractivity contribution in [3.8, 4) is 11.5 Å². The average Bonchev–Trinajstić information content (AvgIpc) is 2.78. The van der Waals surface area contributed by atoms with Gasteiger partial charge in [-0.15, -0.1) is 0 Å². The van der Waals surface area contributed by atoms with E-state index in [4.69, 9.17) is 9.47 Å². The Morgan fingerprint density at radius 3 is 2.44 bits per heavy atom. The van der Waals surface area contributed by atoms with Crippen LogP contribution in [0, 0.1) is 0 Å². The van der Waals surface area contributed by atoms with Gasteiger partial charge >= 0.3 is 0 Å². The van der Waals surface area contributed by atoms with Crippen molar-refractivity contribution in [1.82, 2.24) is 5.43 Å². The number of nitrogens with one attached hydrogen (secondary N) is 2. The fourth-order valence-electron chi connectivity index (χ4n) is 2.82. The van der Waals surface area contributed by atoms with Gasteiger partial charge in [-0.3, -0.25) is 9.59 Å². The Kier molecular flexibility index (Phi) is 7.99. The molecule has 3 aromatic carbocycles. The Morgan fingerprint density at radius 1 is 1.06 bits per heavy atom. The lowest BCUT2D eigenvalue weighted by atomic mass is 10.2. The molecule has 0 aliphatic carbocycles. The molecule has 7 nitrogen and oxygen atoms in total. The Labute approximate surface area is 194 Å². The molecule has 0 heterocycles. The average molecular weight is 496 g/mol. The quantitative estimate of drug-likeness (QED) is 0.348. The highest BCUT2D eigenvalue weighted by Gasteiger charge is 2.12. The van der Waals surface area contributed by atoms with Gasteiger partial charge in [0.15, 0.2) is 11.5 Å². The van der Waals surface area contributed by atoms with Crippen LogP contribution in [0.2, 0.25) is 0 Å². The highest BCUT2D eigenvalue weighted by atomic mass is 79.9. The van der Waals surface area contributed by atoms with Crippen LogP contribution in [0.15, 0.2) is 76.3 Å². The molecule has 0 fully saturated rings. The van der Waals surface area contributed by atoms with Crippen LogP contribution >= 0.6 is 15.9 Å². The summed E-state index contributed by atoms with van der Waals surface area (Å²) < 4.78 is 12.1. The van der Waals surface area contributed by atoms with Crippen molar-refractivity contribution in [2.24, 2.45) is 5.10 Å². The Bertz CT molecular complexity index is 1120. The summed E-state index contributed by atoms with van der Waals surface area (Å²) >= 11 is 3.51. The van der Waals surface area contributed by atoms with Crippen molar-refractivity contribution in [1.29, 1.82) is 0 Å². The molecule has 0 aliphatic rings. The van der Waals surface area contributed by atoms with E-state index in [9.17, 15) is 9.59 Å². The first-order valence-electron chi connectivity index (χ1n) is 9.71. The standard InChI is InChI=1S/C24H22BrN3O4/c1-16(29)27-20-10-8-19(9-11-20)24(30)28-26-14-18-12-21(25)23(22(13-18)31-2)32-15-17-6-4-3-5-7-17/h3-14H,15H2,1-2H3,(H,27,29)(H,28,30)/b26-14-. The second-order valence-electron chi connectivity index (χ2n) is 6.77. The zero-order valence-electron chi connectivity index (χ0n) is 17.6. The maximum atomic E-state index is 12.3. The van der Waals surface area contributed by atoms with Crippen LogP contribution in [0.3, 0.4) is 0 Å². The van der Waals surface area contributed by atoms with E-state index in [0.29, 0.717) is 39.4 Å². The minimum absolute atomic E-state index is 0.176. The van der Waals surface area contributed by atoms with Crippen molar-refractivity contribution < 1.29 is 19.1 Å². The number of carbonyl (C=O) groups excluding carboxylic acids is 2. The molecule has 0 bridgehead atoms. The fraction of sp³-hybridized carbons (Fsp3) is 0.125. The van der Waals surface area contributed by atoms with Gasteiger partial charge in [-0.2, -0.15) is 5.10 Å². The number of benzene rings is 3. The molecule has 164 valence electrons. The molecule has 0 saturated carbocycles. The molecule has 0 spiro atoms. The van der Waals surface area contributed by atoms with Crippen LogP contribution in [0.1, 0.15) is 28.4 Å². The second-order valence-corrected chi connectivity index (χ2v) is 7.62. The van der Waals surface area contributed by atoms with Gasteiger partial charge in [0.05, 0.1) is 17.8 Å². The van der Waals surface area contributed by atoms with Gasteiger partial charge in [0.2, 0.25) is 5.91 Å². The molecule has 8 heteroatoms. The number of methoxy groups -OCH3 is 1. The number of rotatable bonds is 8. The van der Waals surface area contributed by atoms with Crippen LogP contribution < -0.4 is 20.2 Å². The maximum absolute atomic E-state index is 12.3. The molecule has 2 amide bonds. The minimum Gasteiger partial charge on any atom is -0.493 e. The smallest absolute Gasteiger partial charge is 0.271 e. The largest absolute Gasteiger partial charge is 0.493 e. The number of carbonyl (C=O) groups is 2. The van der Waals surface area contributed by atoms with E-state index in [1.54, 1.807) is 37.4 Å². The summed E-state index contributed by atoms with van der Waals surface area (Å²) in [6, 6.07) is 19.9. The molecular formula is C24H22BrN3O4. The molecule has 0 aliphatic heterocycles. The number of amides is 2. The van der Waals surface area contributed by atoms with Crippen LogP contribution in [0.5, 0.6) is 11.5 Å². The first-order valence-corrected chi connectivity index (χ1v) is 10.5. The summed E-state index contributed by atoms with van der Waals surface area (Å²) in [5.74, 6) is 0.572. The van der Waals surface area contributed by atoms with Gasteiger partial charge in [-0.05, 0) is 63.5 Å². The van der Waals surface area contributed by atoms with E-state index in [1.807, 2.05) is 36.4 Å². The predicted octanol–water partition coefficient (Wildman–Crippen LogP) is 4.76. The zero-order valence-corrected chi connectivity index (χ0v) is 19.2. The Hall–Kier alpha value is -3.65. The lowest BCUT2D eigenvalue weighted by molar-refractivity contribution is -0.114. The first-order chi connectivity index (χ1) is 15.5. The van der Waals surface area contributed by atoms with Gasteiger partial charge in [-0.25, -0.2) is 5.43 Å². The number of hydrogen-bond donors (Lipinski definition) is 2. The van der Waals surface area contributed by atoms with Crippen molar-refractivity contribution in [2.45, 2.75) is 13.5 Å². The number of nitrogens with zero attached hydrogens (tertiary/aromatic N) is 1. The highest BCUT2D eigenvalue weighted by Crippen LogP contribution is 2.36. The molecule has 0 saturated heterocycles. The van der Waals surface area contributed by atoms with Crippen molar-refractivity contribution in [3.05, 3.63) is 87.9 Å². The zero-order chi connectivity index (χ0) is 22.9. The SMILES string of the molecule is COc1cc(/C=N\NC(=O)c2ccc(NC(C)=O)cc2)cc(Br)c1OCc1ccccc1. The van der Waals surface area contributed by atoms with E-state index in [2.05, 4.69) is 31.8 Å². The van der Waals surface area contributed by atoms with E-state index in [-0.39, 0.29) is 11.8 Å². The monoisotopic (exact) mass is 495 g/mol. The number of halogens is 1. The fourth-order valence-corrected chi connectivity index (χ4v) is 3.40. The van der Waals surface area contributed by atoms with Crippen molar-refractivity contribution in [3.63, 3.8) is 0 Å². The first kappa shape index (κ1) is 23.0. The minimum atomic E-state index is -0.371. The van der Waals surface area contributed by atoms with Crippen molar-refractivity contribution in [2.75, 3.05) is 12.4 Å². The molecule has 0 radical (unpaired) electrons. The summed E-state index contributed by atoms with van der Waals surface area (Å²) in [7, 11) is 1.56. The van der Waals surface area contributed by atoms with Crippen molar-refractivity contribution >= 4 is 39.6 Å². The normalized spacial score (nSPS) is 10.6. The third kappa shape index (κ3) is 6.42. The van der Waals surface area contributed by atoms with Crippen LogP contribution in [-0.2, 0) is 11.4 Å². The summed E-state index contributed by atoms with van der Waals surface area (Å²) in [4.78, 5) is 23.3. The van der Waals surface area contributed by atoms with Gasteiger partial charge in [-0.1, -0.05) is 30.3 Å². The van der Waals surface area contributed by atoms with Crippen LogP contribution in [0.25, 0.3) is 0 Å². The lowest BCUT2D eigenvalue weighted by Gasteiger charge is -2.13. The van der Waals surface area contributed by atoms with E-state index in [0.717, 1.165) is 5.56 Å². The number of anilines is 1. The number of hydrazone groups is 1. The van der Waals surface area contributed by atoms with Gasteiger partial charge in [0.25, 0.3) is 5.91 Å². The van der Waals surface area contributed by atoms with Gasteiger partial charge in [0, 0.05) is 18.2 Å². The summed E-state index contributed by atoms with van der Waals surface area (Å²) in [5, 5.41) is 6.66. The summed E-state index contributed by atoms with van der Waals surface area (Å²) in [6.45, 7) is 1.82. The second kappa shape index (κ2) is 11.1. The van der Waals surface area contributed by atoms with Gasteiger partial charge in [0.1, 0.15) is 6.61 Å². The van der Waals surface area contributed by atoms with Crippen LogP contribution in [0.4, 0.5) is 5.69 Å². The van der Waals surface area contributed by atoms with E-state index in [1.165, 1.54) is 13.1 Å². The molecule has 0 atom stereocenters. The van der Waals surface area contributed by atoms with Gasteiger partial charge < -0.3 is 14.8 Å². The highest BCUT2D eigenvalue weighted by molar-refractivity contribution is 9.10. The third-order valence-corrected chi connectivity index (χ3v) is 4.91.